The van der Waals surface area contributed by atoms with Crippen molar-refractivity contribution in [3.8, 4) is 0 Å². The molecule has 2 bridgehead atoms. The van der Waals surface area contributed by atoms with E-state index in [0.29, 0.717) is 6.61 Å². The largest absolute Gasteiger partial charge is 0.466 e. The second-order valence-corrected chi connectivity index (χ2v) is 4.72. The molecule has 3 saturated carbocycles. The zero-order valence-electron chi connectivity index (χ0n) is 8.79. The Bertz CT molecular complexity index is 231. The van der Waals surface area contributed by atoms with E-state index >= 15 is 0 Å². The molecule has 0 spiro atoms. The van der Waals surface area contributed by atoms with Crippen molar-refractivity contribution in [2.75, 3.05) is 6.61 Å². The van der Waals surface area contributed by atoms with Crippen LogP contribution in [0.25, 0.3) is 0 Å². The van der Waals surface area contributed by atoms with Crippen LogP contribution in [0, 0.1) is 11.8 Å². The monoisotopic (exact) mass is 197 g/mol. The Kier molecular flexibility index (Phi) is 2.52. The minimum Gasteiger partial charge on any atom is -0.466 e. The molecule has 3 heteroatoms. The molecule has 0 saturated heterocycles. The molecule has 1 atom stereocenters. The highest BCUT2D eigenvalue weighted by Gasteiger charge is 2.48. The molecule has 3 nitrogen and oxygen atoms in total. The summed E-state index contributed by atoms with van der Waals surface area (Å²) in [4.78, 5) is 11.7. The molecule has 0 aromatic rings. The van der Waals surface area contributed by atoms with Gasteiger partial charge in [-0.15, -0.1) is 0 Å². The number of rotatable bonds is 2. The van der Waals surface area contributed by atoms with Gasteiger partial charge in [0.15, 0.2) is 0 Å². The Hall–Kier alpha value is -0.570. The zero-order valence-corrected chi connectivity index (χ0v) is 8.79. The lowest BCUT2D eigenvalue weighted by molar-refractivity contribution is -0.155. The van der Waals surface area contributed by atoms with Gasteiger partial charge in [-0.3, -0.25) is 4.79 Å². The van der Waals surface area contributed by atoms with E-state index < -0.39 is 0 Å². The van der Waals surface area contributed by atoms with Crippen molar-refractivity contribution >= 4 is 5.97 Å². The molecule has 0 amide bonds. The first-order valence-corrected chi connectivity index (χ1v) is 5.61. The molecule has 3 fully saturated rings. The number of hydrogen-bond donors (Lipinski definition) is 1. The van der Waals surface area contributed by atoms with Crippen LogP contribution in [0.3, 0.4) is 0 Å². The fourth-order valence-electron chi connectivity index (χ4n) is 2.94. The third-order valence-electron chi connectivity index (χ3n) is 3.87. The molecule has 3 rings (SSSR count). The Morgan fingerprint density at radius 3 is 2.64 bits per heavy atom. The predicted octanol–water partition coefficient (Wildman–Crippen LogP) is 1.46. The SMILES string of the molecule is CCOC(=O)C1CC2CCC1(N)CC2. The van der Waals surface area contributed by atoms with Gasteiger partial charge in [-0.1, -0.05) is 0 Å². The average molecular weight is 197 g/mol. The quantitative estimate of drug-likeness (QED) is 0.682. The Balaban J connectivity index is 2.08. The molecule has 1 unspecified atom stereocenters. The lowest BCUT2D eigenvalue weighted by atomic mass is 9.60. The summed E-state index contributed by atoms with van der Waals surface area (Å²) < 4.78 is 5.08. The predicted molar refractivity (Wildman–Crippen MR) is 53.6 cm³/mol. The molecule has 3 aliphatic rings. The second kappa shape index (κ2) is 3.54. The highest BCUT2D eigenvalue weighted by molar-refractivity contribution is 5.74. The number of esters is 1. The van der Waals surface area contributed by atoms with Crippen LogP contribution in [0.4, 0.5) is 0 Å². The van der Waals surface area contributed by atoms with E-state index in [1.165, 1.54) is 12.8 Å². The topological polar surface area (TPSA) is 52.3 Å². The Morgan fingerprint density at radius 2 is 2.14 bits per heavy atom. The van der Waals surface area contributed by atoms with Crippen LogP contribution in [-0.2, 0) is 9.53 Å². The van der Waals surface area contributed by atoms with Crippen LogP contribution in [0.15, 0.2) is 0 Å². The number of carbonyl (C=O) groups is 1. The summed E-state index contributed by atoms with van der Waals surface area (Å²) in [7, 11) is 0. The first kappa shape index (κ1) is 9.97. The standard InChI is InChI=1S/C11H19NO2/c1-2-14-10(13)9-7-8-3-5-11(9,12)6-4-8/h8-9H,2-7,12H2,1H3. The summed E-state index contributed by atoms with van der Waals surface area (Å²) >= 11 is 0. The van der Waals surface area contributed by atoms with Crippen molar-refractivity contribution in [3.05, 3.63) is 0 Å². The number of fused-ring (bicyclic) bond motifs is 3. The minimum atomic E-state index is -0.249. The molecule has 0 heterocycles. The van der Waals surface area contributed by atoms with E-state index in [1.54, 1.807) is 0 Å². The molecular formula is C11H19NO2. The van der Waals surface area contributed by atoms with E-state index in [4.69, 9.17) is 10.5 Å². The minimum absolute atomic E-state index is 0.0325. The van der Waals surface area contributed by atoms with Crippen LogP contribution < -0.4 is 5.73 Å². The highest BCUT2D eigenvalue weighted by Crippen LogP contribution is 2.46. The van der Waals surface area contributed by atoms with Gasteiger partial charge in [0.05, 0.1) is 12.5 Å². The van der Waals surface area contributed by atoms with Gasteiger partial charge in [-0.05, 0) is 44.9 Å². The molecule has 0 radical (unpaired) electrons. The van der Waals surface area contributed by atoms with Crippen molar-refractivity contribution in [2.45, 2.75) is 44.6 Å². The molecule has 3 aliphatic carbocycles. The summed E-state index contributed by atoms with van der Waals surface area (Å²) in [5.41, 5.74) is 6.02. The molecule has 80 valence electrons. The third kappa shape index (κ3) is 1.54. The number of hydrogen-bond acceptors (Lipinski definition) is 3. The van der Waals surface area contributed by atoms with Gasteiger partial charge in [0.2, 0.25) is 0 Å². The van der Waals surface area contributed by atoms with Gasteiger partial charge < -0.3 is 10.5 Å². The van der Waals surface area contributed by atoms with Gasteiger partial charge in [-0.2, -0.15) is 0 Å². The Morgan fingerprint density at radius 1 is 1.50 bits per heavy atom. The average Bonchev–Trinajstić information content (AvgIpc) is 2.18. The lowest BCUT2D eigenvalue weighted by Crippen LogP contribution is -2.57. The first-order valence-electron chi connectivity index (χ1n) is 5.61. The van der Waals surface area contributed by atoms with Crippen LogP contribution >= 0.6 is 0 Å². The van der Waals surface area contributed by atoms with Crippen LogP contribution in [0.1, 0.15) is 39.0 Å². The Labute approximate surface area is 85.0 Å². The summed E-state index contributed by atoms with van der Waals surface area (Å²) in [6, 6.07) is 0. The molecule has 14 heavy (non-hydrogen) atoms. The van der Waals surface area contributed by atoms with E-state index in [-0.39, 0.29) is 17.4 Å². The van der Waals surface area contributed by atoms with Gasteiger partial charge in [-0.25, -0.2) is 0 Å². The number of nitrogens with two attached hydrogens (primary N) is 1. The van der Waals surface area contributed by atoms with Gasteiger partial charge >= 0.3 is 5.97 Å². The summed E-state index contributed by atoms with van der Waals surface area (Å²) in [6.45, 7) is 2.32. The molecule has 2 N–H and O–H groups in total. The van der Waals surface area contributed by atoms with Crippen molar-refractivity contribution < 1.29 is 9.53 Å². The maximum atomic E-state index is 11.7. The van der Waals surface area contributed by atoms with E-state index in [0.717, 1.165) is 25.2 Å². The van der Waals surface area contributed by atoms with Crippen molar-refractivity contribution in [2.24, 2.45) is 17.6 Å². The van der Waals surface area contributed by atoms with Crippen LogP contribution in [-0.4, -0.2) is 18.1 Å². The van der Waals surface area contributed by atoms with E-state index in [1.807, 2.05) is 6.92 Å². The maximum Gasteiger partial charge on any atom is 0.310 e. The fourth-order valence-corrected chi connectivity index (χ4v) is 2.94. The molecule has 0 aromatic heterocycles. The summed E-state index contributed by atoms with van der Waals surface area (Å²) in [6.07, 6.45) is 5.36. The van der Waals surface area contributed by atoms with Crippen molar-refractivity contribution in [1.82, 2.24) is 0 Å². The number of ether oxygens (including phenoxy) is 1. The molecule has 0 aliphatic heterocycles. The first-order chi connectivity index (χ1) is 6.65. The summed E-state index contributed by atoms with van der Waals surface area (Å²) in [5, 5.41) is 0. The highest BCUT2D eigenvalue weighted by atomic mass is 16.5. The van der Waals surface area contributed by atoms with Gasteiger partial charge in [0.25, 0.3) is 0 Å². The lowest BCUT2D eigenvalue weighted by Gasteiger charge is -2.48. The normalized spacial score (nSPS) is 41.0. The smallest absolute Gasteiger partial charge is 0.310 e. The summed E-state index contributed by atoms with van der Waals surface area (Å²) in [5.74, 6) is 0.615. The zero-order chi connectivity index (χ0) is 10.2. The van der Waals surface area contributed by atoms with Crippen LogP contribution in [0.2, 0.25) is 0 Å². The second-order valence-electron chi connectivity index (χ2n) is 4.72. The van der Waals surface area contributed by atoms with Crippen molar-refractivity contribution in [1.29, 1.82) is 0 Å². The number of carbonyl (C=O) groups excluding carboxylic acids is 1. The van der Waals surface area contributed by atoms with Gasteiger partial charge in [0, 0.05) is 5.54 Å². The fraction of sp³-hybridized carbons (Fsp3) is 0.909. The van der Waals surface area contributed by atoms with Crippen LogP contribution in [0.5, 0.6) is 0 Å². The molecule has 0 aromatic carbocycles. The third-order valence-corrected chi connectivity index (χ3v) is 3.87. The van der Waals surface area contributed by atoms with Gasteiger partial charge in [0.1, 0.15) is 0 Å². The molecular weight excluding hydrogens is 178 g/mol. The van der Waals surface area contributed by atoms with Crippen molar-refractivity contribution in [3.63, 3.8) is 0 Å². The maximum absolute atomic E-state index is 11.7. The van der Waals surface area contributed by atoms with E-state index in [2.05, 4.69) is 0 Å². The van der Waals surface area contributed by atoms with E-state index in [9.17, 15) is 4.79 Å².